The summed E-state index contributed by atoms with van der Waals surface area (Å²) in [6.07, 6.45) is 8.16. The minimum atomic E-state index is 0.811. The Kier molecular flexibility index (Phi) is 2.77. The molecule has 0 spiro atoms. The lowest BCUT2D eigenvalue weighted by molar-refractivity contribution is 0.394. The third-order valence-electron chi connectivity index (χ3n) is 2.35. The molecule has 0 fully saturated rings. The maximum absolute atomic E-state index is 5.22. The van der Waals surface area contributed by atoms with Gasteiger partial charge in [0.15, 0.2) is 0 Å². The van der Waals surface area contributed by atoms with E-state index in [0.717, 1.165) is 17.1 Å². The highest BCUT2D eigenvalue weighted by atomic mass is 16.5. The number of benzene rings is 1. The summed E-state index contributed by atoms with van der Waals surface area (Å²) in [4.78, 5) is 0. The fourth-order valence-electron chi connectivity index (χ4n) is 1.54. The Hall–Kier alpha value is -1.70. The second kappa shape index (κ2) is 4.22. The van der Waals surface area contributed by atoms with Gasteiger partial charge in [-0.05, 0) is 23.3 Å². The van der Waals surface area contributed by atoms with Crippen LogP contribution >= 0.6 is 0 Å². The van der Waals surface area contributed by atoms with E-state index in [1.807, 2.05) is 30.4 Å². The van der Waals surface area contributed by atoms with E-state index in [9.17, 15) is 0 Å². The molecule has 0 atom stereocenters. The first-order valence-corrected chi connectivity index (χ1v) is 4.78. The van der Waals surface area contributed by atoms with Crippen LogP contribution in [0.1, 0.15) is 5.56 Å². The topological polar surface area (TPSA) is 18.5 Å². The average molecular weight is 201 g/mol. The van der Waals surface area contributed by atoms with Gasteiger partial charge in [-0.25, -0.2) is 0 Å². The third kappa shape index (κ3) is 2.04. The van der Waals surface area contributed by atoms with Crippen molar-refractivity contribution in [3.63, 3.8) is 0 Å². The van der Waals surface area contributed by atoms with Crippen molar-refractivity contribution in [1.29, 1.82) is 0 Å². The van der Waals surface area contributed by atoms with E-state index in [1.54, 1.807) is 14.2 Å². The van der Waals surface area contributed by atoms with Gasteiger partial charge in [0.2, 0.25) is 0 Å². The molecule has 2 heteroatoms. The van der Waals surface area contributed by atoms with Crippen LogP contribution in [0.4, 0.5) is 0 Å². The Bertz CT molecular complexity index is 394. The minimum absolute atomic E-state index is 0.811. The number of rotatable bonds is 3. The highest BCUT2D eigenvalue weighted by Gasteiger charge is 2.07. The van der Waals surface area contributed by atoms with Crippen LogP contribution < -0.4 is 9.47 Å². The zero-order valence-electron chi connectivity index (χ0n) is 8.86. The number of hydrogen-bond acceptors (Lipinski definition) is 2. The van der Waals surface area contributed by atoms with Crippen molar-refractivity contribution in [2.24, 2.45) is 0 Å². The van der Waals surface area contributed by atoms with Crippen LogP contribution in [0, 0.1) is 6.42 Å². The van der Waals surface area contributed by atoms with Crippen LogP contribution in [0.3, 0.4) is 0 Å². The van der Waals surface area contributed by atoms with Gasteiger partial charge in [-0.3, -0.25) is 0 Å². The average Bonchev–Trinajstić information content (AvgIpc) is 2.81. The molecule has 0 aromatic heterocycles. The maximum Gasteiger partial charge on any atom is 0.123 e. The summed E-state index contributed by atoms with van der Waals surface area (Å²) in [6, 6.07) is 5.86. The second-order valence-corrected chi connectivity index (χ2v) is 3.27. The molecular formula is C13H13O2. The van der Waals surface area contributed by atoms with Crippen molar-refractivity contribution < 1.29 is 9.47 Å². The fourth-order valence-corrected chi connectivity index (χ4v) is 1.54. The van der Waals surface area contributed by atoms with E-state index in [2.05, 4.69) is 12.5 Å². The SMILES string of the molecule is COc1cc(OC)cc(C2=CC=C[CH]2)c1. The Labute approximate surface area is 89.8 Å². The normalized spacial score (nSPS) is 13.9. The van der Waals surface area contributed by atoms with E-state index in [-0.39, 0.29) is 0 Å². The van der Waals surface area contributed by atoms with Crippen molar-refractivity contribution in [1.82, 2.24) is 0 Å². The van der Waals surface area contributed by atoms with Crippen LogP contribution in [0.15, 0.2) is 36.4 Å². The lowest BCUT2D eigenvalue weighted by Crippen LogP contribution is -1.90. The molecule has 1 radical (unpaired) electrons. The van der Waals surface area contributed by atoms with Gasteiger partial charge < -0.3 is 9.47 Å². The van der Waals surface area contributed by atoms with Crippen LogP contribution in [0.5, 0.6) is 11.5 Å². The lowest BCUT2D eigenvalue weighted by atomic mass is 10.0. The highest BCUT2D eigenvalue weighted by molar-refractivity contribution is 5.79. The van der Waals surface area contributed by atoms with Crippen molar-refractivity contribution in [2.75, 3.05) is 14.2 Å². The van der Waals surface area contributed by atoms with E-state index >= 15 is 0 Å². The predicted octanol–water partition coefficient (Wildman–Crippen LogP) is 2.86. The molecule has 1 aliphatic carbocycles. The van der Waals surface area contributed by atoms with Gasteiger partial charge in [-0.2, -0.15) is 0 Å². The van der Waals surface area contributed by atoms with E-state index in [1.165, 1.54) is 5.57 Å². The molecule has 0 saturated heterocycles. The minimum Gasteiger partial charge on any atom is -0.497 e. The largest absolute Gasteiger partial charge is 0.497 e. The number of ether oxygens (including phenoxy) is 2. The molecule has 2 nitrogen and oxygen atoms in total. The van der Waals surface area contributed by atoms with Gasteiger partial charge in [0, 0.05) is 12.5 Å². The van der Waals surface area contributed by atoms with E-state index in [0.29, 0.717) is 0 Å². The summed E-state index contributed by atoms with van der Waals surface area (Å²) in [5.74, 6) is 1.62. The summed E-state index contributed by atoms with van der Waals surface area (Å²) >= 11 is 0. The molecule has 0 N–H and O–H groups in total. The molecule has 0 bridgehead atoms. The number of hydrogen-bond donors (Lipinski definition) is 0. The summed E-state index contributed by atoms with van der Waals surface area (Å²) in [5, 5.41) is 0. The molecule has 15 heavy (non-hydrogen) atoms. The molecular weight excluding hydrogens is 188 g/mol. The first kappa shape index (κ1) is 9.84. The first-order chi connectivity index (χ1) is 7.33. The van der Waals surface area contributed by atoms with Crippen molar-refractivity contribution >= 4 is 5.57 Å². The van der Waals surface area contributed by atoms with Gasteiger partial charge in [-0.15, -0.1) is 0 Å². The van der Waals surface area contributed by atoms with Gasteiger partial charge in [0.05, 0.1) is 14.2 Å². The maximum atomic E-state index is 5.22. The highest BCUT2D eigenvalue weighted by Crippen LogP contribution is 2.29. The number of methoxy groups -OCH3 is 2. The quantitative estimate of drug-likeness (QED) is 0.748. The molecule has 0 aliphatic heterocycles. The lowest BCUT2D eigenvalue weighted by Gasteiger charge is -2.08. The van der Waals surface area contributed by atoms with Crippen LogP contribution in [-0.2, 0) is 0 Å². The van der Waals surface area contributed by atoms with Gasteiger partial charge >= 0.3 is 0 Å². The molecule has 0 saturated carbocycles. The molecule has 1 aromatic rings. The fraction of sp³-hybridized carbons (Fsp3) is 0.154. The van der Waals surface area contributed by atoms with E-state index in [4.69, 9.17) is 9.47 Å². The van der Waals surface area contributed by atoms with Crippen molar-refractivity contribution in [3.8, 4) is 11.5 Å². The number of allylic oxidation sites excluding steroid dienone is 4. The van der Waals surface area contributed by atoms with Gasteiger partial charge in [-0.1, -0.05) is 18.2 Å². The molecule has 0 amide bonds. The Morgan fingerprint density at radius 1 is 0.867 bits per heavy atom. The monoisotopic (exact) mass is 201 g/mol. The zero-order valence-corrected chi connectivity index (χ0v) is 8.86. The van der Waals surface area contributed by atoms with Crippen molar-refractivity contribution in [3.05, 3.63) is 48.4 Å². The van der Waals surface area contributed by atoms with Crippen LogP contribution in [0.2, 0.25) is 0 Å². The first-order valence-electron chi connectivity index (χ1n) is 4.78. The van der Waals surface area contributed by atoms with Gasteiger partial charge in [0.1, 0.15) is 11.5 Å². The van der Waals surface area contributed by atoms with Crippen molar-refractivity contribution in [2.45, 2.75) is 0 Å². The second-order valence-electron chi connectivity index (χ2n) is 3.27. The molecule has 0 heterocycles. The zero-order chi connectivity index (χ0) is 10.7. The van der Waals surface area contributed by atoms with E-state index < -0.39 is 0 Å². The summed E-state index contributed by atoms with van der Waals surface area (Å²) in [7, 11) is 3.31. The standard InChI is InChI=1S/C13H13O2/c1-14-12-7-11(8-13(9-12)15-2)10-5-3-4-6-10/h3-9H,1-2H3. The van der Waals surface area contributed by atoms with Gasteiger partial charge in [0.25, 0.3) is 0 Å². The molecule has 0 unspecified atom stereocenters. The van der Waals surface area contributed by atoms with Crippen LogP contribution in [-0.4, -0.2) is 14.2 Å². The Balaban J connectivity index is 2.38. The summed E-state index contributed by atoms with van der Waals surface area (Å²) in [6.45, 7) is 0. The Morgan fingerprint density at radius 3 is 2.00 bits per heavy atom. The third-order valence-corrected chi connectivity index (χ3v) is 2.35. The summed E-state index contributed by atoms with van der Waals surface area (Å²) < 4.78 is 10.4. The van der Waals surface area contributed by atoms with Crippen LogP contribution in [0.25, 0.3) is 5.57 Å². The molecule has 1 aromatic carbocycles. The predicted molar refractivity (Wildman–Crippen MR) is 61.0 cm³/mol. The molecule has 2 rings (SSSR count). The smallest absolute Gasteiger partial charge is 0.123 e. The summed E-state index contributed by atoms with van der Waals surface area (Å²) in [5.41, 5.74) is 2.28. The molecule has 77 valence electrons. The Morgan fingerprint density at radius 2 is 1.53 bits per heavy atom. The molecule has 1 aliphatic rings.